The van der Waals surface area contributed by atoms with Gasteiger partial charge in [-0.05, 0) is 24.1 Å². The van der Waals surface area contributed by atoms with Crippen LogP contribution in [-0.2, 0) is 16.0 Å². The predicted octanol–water partition coefficient (Wildman–Crippen LogP) is 1.61. The maximum atomic E-state index is 12.3. The van der Waals surface area contributed by atoms with E-state index in [0.29, 0.717) is 26.1 Å². The Balaban J connectivity index is 1.88. The van der Waals surface area contributed by atoms with Gasteiger partial charge in [0.25, 0.3) is 0 Å². The summed E-state index contributed by atoms with van der Waals surface area (Å²) in [5, 5.41) is 8.82. The first-order valence-corrected chi connectivity index (χ1v) is 7.80. The van der Waals surface area contributed by atoms with Crippen LogP contribution in [0.25, 0.3) is 0 Å². The summed E-state index contributed by atoms with van der Waals surface area (Å²) in [6, 6.07) is 7.74. The summed E-state index contributed by atoms with van der Waals surface area (Å²) in [7, 11) is 0. The maximum Gasteiger partial charge on any atom is 0.317 e. The number of carboxylic acid groups (broad SMARTS) is 1. The van der Waals surface area contributed by atoms with Gasteiger partial charge in [0.1, 0.15) is 0 Å². The molecule has 0 atom stereocenters. The van der Waals surface area contributed by atoms with Crippen molar-refractivity contribution in [3.8, 4) is 0 Å². The molecule has 1 aromatic rings. The zero-order valence-corrected chi connectivity index (χ0v) is 13.4. The van der Waals surface area contributed by atoms with Crippen molar-refractivity contribution in [2.24, 2.45) is 0 Å². The van der Waals surface area contributed by atoms with Crippen LogP contribution in [0.4, 0.5) is 0 Å². The van der Waals surface area contributed by atoms with Gasteiger partial charge in [-0.15, -0.1) is 0 Å². The molecule has 0 aromatic heterocycles. The SMILES string of the molecule is O=C(O)CN1CCCN(C(=O)Cc2ccc(Br)cc2)CC1. The number of carboxylic acids is 1. The van der Waals surface area contributed by atoms with E-state index in [0.717, 1.165) is 23.0 Å². The first-order chi connectivity index (χ1) is 10.0. The first kappa shape index (κ1) is 16.0. The van der Waals surface area contributed by atoms with E-state index in [9.17, 15) is 9.59 Å². The summed E-state index contributed by atoms with van der Waals surface area (Å²) in [6.45, 7) is 2.70. The molecule has 0 unspecified atom stereocenters. The van der Waals surface area contributed by atoms with Gasteiger partial charge in [0.15, 0.2) is 0 Å². The lowest BCUT2D eigenvalue weighted by atomic mass is 10.1. The predicted molar refractivity (Wildman–Crippen MR) is 83.1 cm³/mol. The van der Waals surface area contributed by atoms with Gasteiger partial charge in [0.05, 0.1) is 13.0 Å². The number of rotatable bonds is 4. The molecule has 0 bridgehead atoms. The van der Waals surface area contributed by atoms with Gasteiger partial charge in [-0.1, -0.05) is 28.1 Å². The van der Waals surface area contributed by atoms with E-state index in [4.69, 9.17) is 5.11 Å². The Labute approximate surface area is 132 Å². The Morgan fingerprint density at radius 2 is 1.81 bits per heavy atom. The van der Waals surface area contributed by atoms with Gasteiger partial charge in [0.2, 0.25) is 5.91 Å². The molecule has 6 heteroatoms. The number of hydrogen-bond donors (Lipinski definition) is 1. The van der Waals surface area contributed by atoms with E-state index in [1.165, 1.54) is 0 Å². The van der Waals surface area contributed by atoms with E-state index in [1.807, 2.05) is 34.1 Å². The van der Waals surface area contributed by atoms with Gasteiger partial charge in [-0.3, -0.25) is 14.5 Å². The van der Waals surface area contributed by atoms with E-state index >= 15 is 0 Å². The molecule has 114 valence electrons. The fourth-order valence-electron chi connectivity index (χ4n) is 2.46. The van der Waals surface area contributed by atoms with Crippen molar-refractivity contribution in [1.29, 1.82) is 0 Å². The average molecular weight is 355 g/mol. The number of amides is 1. The van der Waals surface area contributed by atoms with Crippen LogP contribution in [0, 0.1) is 0 Å². The quantitative estimate of drug-likeness (QED) is 0.892. The van der Waals surface area contributed by atoms with Crippen molar-refractivity contribution < 1.29 is 14.7 Å². The molecule has 1 aromatic carbocycles. The second kappa shape index (κ2) is 7.56. The third kappa shape index (κ3) is 5.13. The van der Waals surface area contributed by atoms with Crippen molar-refractivity contribution >= 4 is 27.8 Å². The van der Waals surface area contributed by atoms with Crippen LogP contribution in [0.5, 0.6) is 0 Å². The molecule has 1 amide bonds. The van der Waals surface area contributed by atoms with Crippen molar-refractivity contribution in [3.05, 3.63) is 34.3 Å². The van der Waals surface area contributed by atoms with E-state index in [1.54, 1.807) is 0 Å². The highest BCUT2D eigenvalue weighted by Crippen LogP contribution is 2.12. The third-order valence-corrected chi connectivity index (χ3v) is 4.10. The molecule has 1 fully saturated rings. The van der Waals surface area contributed by atoms with Crippen molar-refractivity contribution in [3.63, 3.8) is 0 Å². The van der Waals surface area contributed by atoms with Gasteiger partial charge < -0.3 is 10.0 Å². The summed E-state index contributed by atoms with van der Waals surface area (Å²) in [6.07, 6.45) is 1.21. The molecule has 1 aliphatic heterocycles. The van der Waals surface area contributed by atoms with E-state index in [2.05, 4.69) is 15.9 Å². The number of halogens is 1. The highest BCUT2D eigenvalue weighted by Gasteiger charge is 2.20. The molecular weight excluding hydrogens is 336 g/mol. The summed E-state index contributed by atoms with van der Waals surface area (Å²) in [5.41, 5.74) is 0.995. The highest BCUT2D eigenvalue weighted by atomic mass is 79.9. The van der Waals surface area contributed by atoms with Crippen molar-refractivity contribution in [1.82, 2.24) is 9.80 Å². The Bertz CT molecular complexity index is 504. The summed E-state index contributed by atoms with van der Waals surface area (Å²) in [5.74, 6) is -0.709. The first-order valence-electron chi connectivity index (χ1n) is 7.01. The van der Waals surface area contributed by atoms with Crippen LogP contribution in [0.2, 0.25) is 0 Å². The molecule has 2 rings (SSSR count). The summed E-state index contributed by atoms with van der Waals surface area (Å²) in [4.78, 5) is 26.8. The molecule has 1 aliphatic rings. The van der Waals surface area contributed by atoms with Crippen LogP contribution in [0.3, 0.4) is 0 Å². The molecule has 21 heavy (non-hydrogen) atoms. The van der Waals surface area contributed by atoms with Crippen LogP contribution < -0.4 is 0 Å². The Morgan fingerprint density at radius 1 is 1.10 bits per heavy atom. The van der Waals surface area contributed by atoms with Crippen LogP contribution in [0.15, 0.2) is 28.7 Å². The minimum Gasteiger partial charge on any atom is -0.480 e. The van der Waals surface area contributed by atoms with Gasteiger partial charge in [0, 0.05) is 30.7 Å². The second-order valence-corrected chi connectivity index (χ2v) is 6.12. The second-order valence-electron chi connectivity index (χ2n) is 5.21. The largest absolute Gasteiger partial charge is 0.480 e. The summed E-state index contributed by atoms with van der Waals surface area (Å²) >= 11 is 3.38. The van der Waals surface area contributed by atoms with Gasteiger partial charge >= 0.3 is 5.97 Å². The monoisotopic (exact) mass is 354 g/mol. The van der Waals surface area contributed by atoms with Crippen LogP contribution in [0.1, 0.15) is 12.0 Å². The maximum absolute atomic E-state index is 12.3. The van der Waals surface area contributed by atoms with Crippen molar-refractivity contribution in [2.75, 3.05) is 32.7 Å². The lowest BCUT2D eigenvalue weighted by molar-refractivity contribution is -0.138. The number of nitrogens with zero attached hydrogens (tertiary/aromatic N) is 2. The third-order valence-electron chi connectivity index (χ3n) is 3.57. The minimum atomic E-state index is -0.815. The number of benzene rings is 1. The van der Waals surface area contributed by atoms with Crippen LogP contribution >= 0.6 is 15.9 Å². The minimum absolute atomic E-state index is 0.0503. The lowest BCUT2D eigenvalue weighted by Crippen LogP contribution is -2.37. The number of carbonyl (C=O) groups is 2. The zero-order chi connectivity index (χ0) is 15.2. The average Bonchev–Trinajstić information content (AvgIpc) is 2.66. The fraction of sp³-hybridized carbons (Fsp3) is 0.467. The smallest absolute Gasteiger partial charge is 0.317 e. The van der Waals surface area contributed by atoms with Gasteiger partial charge in [-0.2, -0.15) is 0 Å². The number of carbonyl (C=O) groups excluding carboxylic acids is 1. The zero-order valence-electron chi connectivity index (χ0n) is 11.8. The Morgan fingerprint density at radius 3 is 2.48 bits per heavy atom. The number of hydrogen-bond acceptors (Lipinski definition) is 3. The molecule has 0 saturated carbocycles. The molecule has 1 saturated heterocycles. The Hall–Kier alpha value is -1.40. The van der Waals surface area contributed by atoms with E-state index < -0.39 is 5.97 Å². The molecular formula is C15H19BrN2O3. The van der Waals surface area contributed by atoms with Gasteiger partial charge in [-0.25, -0.2) is 0 Å². The van der Waals surface area contributed by atoms with Crippen molar-refractivity contribution in [2.45, 2.75) is 12.8 Å². The molecule has 0 radical (unpaired) electrons. The highest BCUT2D eigenvalue weighted by molar-refractivity contribution is 9.10. The standard InChI is InChI=1S/C15H19BrN2O3/c16-13-4-2-12(3-5-13)10-14(19)18-7-1-6-17(8-9-18)11-15(20)21/h2-5H,1,6-11H2,(H,20,21). The molecule has 1 heterocycles. The number of aliphatic carboxylic acids is 1. The molecule has 0 spiro atoms. The molecule has 1 N–H and O–H groups in total. The Kier molecular flexibility index (Phi) is 5.76. The normalized spacial score (nSPS) is 16.5. The fourth-order valence-corrected chi connectivity index (χ4v) is 2.72. The van der Waals surface area contributed by atoms with E-state index in [-0.39, 0.29) is 12.5 Å². The molecule has 5 nitrogen and oxygen atoms in total. The lowest BCUT2D eigenvalue weighted by Gasteiger charge is -2.21. The summed E-state index contributed by atoms with van der Waals surface area (Å²) < 4.78 is 0.998. The van der Waals surface area contributed by atoms with Crippen LogP contribution in [-0.4, -0.2) is 59.5 Å². The topological polar surface area (TPSA) is 60.9 Å². The molecule has 0 aliphatic carbocycles.